The maximum Gasteiger partial charge on any atom is 0.258 e. The zero-order valence-corrected chi connectivity index (χ0v) is 10.7. The molecule has 3 rings (SSSR count). The van der Waals surface area contributed by atoms with Crippen LogP contribution < -0.4 is 10.5 Å². The van der Waals surface area contributed by atoms with Gasteiger partial charge in [-0.2, -0.15) is 4.98 Å². The van der Waals surface area contributed by atoms with E-state index in [0.29, 0.717) is 12.5 Å². The Kier molecular flexibility index (Phi) is 2.74. The average Bonchev–Trinajstić information content (AvgIpc) is 2.78. The predicted octanol–water partition coefficient (Wildman–Crippen LogP) is 1.53. The lowest BCUT2D eigenvalue weighted by Crippen LogP contribution is -2.25. The molecule has 0 unspecified atom stereocenters. The molecule has 5 nitrogen and oxygen atoms in total. The summed E-state index contributed by atoms with van der Waals surface area (Å²) in [5.74, 6) is 0.324. The molecule has 0 bridgehead atoms. The minimum atomic E-state index is -0.219. The van der Waals surface area contributed by atoms with Gasteiger partial charge >= 0.3 is 0 Å². The molecule has 2 aromatic rings. The van der Waals surface area contributed by atoms with Crippen molar-refractivity contribution in [3.8, 4) is 5.88 Å². The van der Waals surface area contributed by atoms with E-state index in [9.17, 15) is 9.90 Å². The Morgan fingerprint density at radius 2 is 2.11 bits per heavy atom. The van der Waals surface area contributed by atoms with E-state index >= 15 is 0 Å². The maximum absolute atomic E-state index is 11.9. The van der Waals surface area contributed by atoms with Crippen molar-refractivity contribution in [2.75, 3.05) is 11.4 Å². The molecule has 1 aromatic carbocycles. The van der Waals surface area contributed by atoms with Gasteiger partial charge in [-0.25, -0.2) is 0 Å². The molecule has 1 aliphatic rings. The fourth-order valence-electron chi connectivity index (χ4n) is 2.61. The van der Waals surface area contributed by atoms with Gasteiger partial charge in [-0.1, -0.05) is 30.3 Å². The number of aromatic nitrogens is 2. The fourth-order valence-corrected chi connectivity index (χ4v) is 2.61. The number of anilines is 1. The molecule has 0 fully saturated rings. The molecule has 1 aliphatic heterocycles. The number of hydrogen-bond acceptors (Lipinski definition) is 4. The first-order chi connectivity index (χ1) is 9.20. The van der Waals surface area contributed by atoms with E-state index in [-0.39, 0.29) is 17.5 Å². The van der Waals surface area contributed by atoms with Crippen molar-refractivity contribution >= 4 is 5.95 Å². The second-order valence-corrected chi connectivity index (χ2v) is 4.58. The van der Waals surface area contributed by atoms with Crippen LogP contribution in [0.2, 0.25) is 0 Å². The summed E-state index contributed by atoms with van der Waals surface area (Å²) in [4.78, 5) is 18.0. The summed E-state index contributed by atoms with van der Waals surface area (Å²) in [6, 6.07) is 11.3. The van der Waals surface area contributed by atoms with Gasteiger partial charge in [0.05, 0.1) is 18.7 Å². The quantitative estimate of drug-likeness (QED) is 0.886. The summed E-state index contributed by atoms with van der Waals surface area (Å²) in [7, 11) is 0. The molecule has 0 saturated carbocycles. The summed E-state index contributed by atoms with van der Waals surface area (Å²) in [5.41, 5.74) is 0.938. The second-order valence-electron chi connectivity index (χ2n) is 4.58. The molecule has 0 saturated heterocycles. The Hall–Kier alpha value is -2.30. The highest BCUT2D eigenvalue weighted by atomic mass is 16.3. The summed E-state index contributed by atoms with van der Waals surface area (Å²) in [6.07, 6.45) is 0. The smallest absolute Gasteiger partial charge is 0.258 e. The Morgan fingerprint density at radius 3 is 2.79 bits per heavy atom. The van der Waals surface area contributed by atoms with E-state index in [2.05, 4.69) is 4.98 Å². The number of aromatic hydroxyl groups is 1. The van der Waals surface area contributed by atoms with E-state index in [0.717, 1.165) is 18.2 Å². The van der Waals surface area contributed by atoms with Gasteiger partial charge in [0.2, 0.25) is 11.8 Å². The number of rotatable bonds is 2. The highest BCUT2D eigenvalue weighted by Crippen LogP contribution is 2.33. The van der Waals surface area contributed by atoms with Crippen LogP contribution in [0.4, 0.5) is 5.95 Å². The zero-order valence-electron chi connectivity index (χ0n) is 10.7. The van der Waals surface area contributed by atoms with E-state index in [1.807, 2.05) is 42.2 Å². The fraction of sp³-hybridized carbons (Fsp3) is 0.286. The molecule has 1 N–H and O–H groups in total. The molecule has 1 atom stereocenters. The lowest BCUT2D eigenvalue weighted by atomic mass is 10.1. The van der Waals surface area contributed by atoms with Gasteiger partial charge in [-0.15, -0.1) is 0 Å². The standard InChI is InChI=1S/C14H15N3O2/c1-2-16-11(10-6-4-3-5-7-10)9-17-13(19)8-12(18)15-14(16)17/h3-8,11,18H,2,9H2,1H3/t11-/m0/s1. The van der Waals surface area contributed by atoms with Crippen molar-refractivity contribution in [3.63, 3.8) is 0 Å². The molecule has 19 heavy (non-hydrogen) atoms. The summed E-state index contributed by atoms with van der Waals surface area (Å²) in [5, 5.41) is 9.50. The Morgan fingerprint density at radius 1 is 1.37 bits per heavy atom. The van der Waals surface area contributed by atoms with Crippen molar-refractivity contribution in [2.24, 2.45) is 0 Å². The minimum Gasteiger partial charge on any atom is -0.493 e. The third-order valence-electron chi connectivity index (χ3n) is 3.49. The number of hydrogen-bond donors (Lipinski definition) is 1. The van der Waals surface area contributed by atoms with Crippen LogP contribution in [-0.4, -0.2) is 21.2 Å². The van der Waals surface area contributed by atoms with Gasteiger partial charge in [-0.3, -0.25) is 9.36 Å². The molecule has 0 aliphatic carbocycles. The first-order valence-electron chi connectivity index (χ1n) is 6.33. The first-order valence-corrected chi connectivity index (χ1v) is 6.33. The van der Waals surface area contributed by atoms with Gasteiger partial charge in [-0.05, 0) is 12.5 Å². The Balaban J connectivity index is 2.09. The predicted molar refractivity (Wildman–Crippen MR) is 72.4 cm³/mol. The number of benzene rings is 1. The van der Waals surface area contributed by atoms with E-state index < -0.39 is 0 Å². The monoisotopic (exact) mass is 257 g/mol. The summed E-state index contributed by atoms with van der Waals surface area (Å²) in [6.45, 7) is 3.32. The molecule has 0 radical (unpaired) electrons. The van der Waals surface area contributed by atoms with Gasteiger partial charge in [0.15, 0.2) is 0 Å². The molecule has 1 aromatic heterocycles. The normalized spacial score (nSPS) is 17.5. The van der Waals surface area contributed by atoms with Crippen molar-refractivity contribution < 1.29 is 5.11 Å². The SMILES string of the molecule is CCN1c2nc(O)cc(=O)n2C[C@H]1c1ccccc1. The van der Waals surface area contributed by atoms with Crippen LogP contribution in [-0.2, 0) is 6.54 Å². The topological polar surface area (TPSA) is 58.4 Å². The maximum atomic E-state index is 11.9. The van der Waals surface area contributed by atoms with E-state index in [1.165, 1.54) is 0 Å². The summed E-state index contributed by atoms with van der Waals surface area (Å²) >= 11 is 0. The Labute approximate surface area is 110 Å². The molecule has 0 amide bonds. The summed E-state index contributed by atoms with van der Waals surface area (Å²) < 4.78 is 1.61. The molecule has 2 heterocycles. The lowest BCUT2D eigenvalue weighted by molar-refractivity contribution is 0.449. The highest BCUT2D eigenvalue weighted by molar-refractivity contribution is 5.42. The van der Waals surface area contributed by atoms with Crippen LogP contribution in [0.1, 0.15) is 18.5 Å². The van der Waals surface area contributed by atoms with Crippen LogP contribution in [0.15, 0.2) is 41.2 Å². The molecular weight excluding hydrogens is 242 g/mol. The molecule has 0 spiro atoms. The third-order valence-corrected chi connectivity index (χ3v) is 3.49. The van der Waals surface area contributed by atoms with Gasteiger partial charge < -0.3 is 10.0 Å². The molecular formula is C14H15N3O2. The zero-order chi connectivity index (χ0) is 13.4. The van der Waals surface area contributed by atoms with Crippen LogP contribution in [0.3, 0.4) is 0 Å². The van der Waals surface area contributed by atoms with Gasteiger partial charge in [0.25, 0.3) is 5.56 Å². The number of fused-ring (bicyclic) bond motifs is 1. The van der Waals surface area contributed by atoms with Crippen molar-refractivity contribution in [1.29, 1.82) is 0 Å². The number of likely N-dealkylation sites (N-methyl/N-ethyl adjacent to an activating group) is 1. The molecule has 5 heteroatoms. The van der Waals surface area contributed by atoms with Crippen molar-refractivity contribution in [3.05, 3.63) is 52.3 Å². The van der Waals surface area contributed by atoms with Crippen LogP contribution in [0, 0.1) is 0 Å². The van der Waals surface area contributed by atoms with E-state index in [4.69, 9.17) is 0 Å². The lowest BCUT2D eigenvalue weighted by Gasteiger charge is -2.23. The van der Waals surface area contributed by atoms with Crippen molar-refractivity contribution in [2.45, 2.75) is 19.5 Å². The van der Waals surface area contributed by atoms with Crippen LogP contribution in [0.5, 0.6) is 5.88 Å². The van der Waals surface area contributed by atoms with Crippen LogP contribution >= 0.6 is 0 Å². The second kappa shape index (κ2) is 4.42. The van der Waals surface area contributed by atoms with E-state index in [1.54, 1.807) is 4.57 Å². The van der Waals surface area contributed by atoms with Crippen molar-refractivity contribution in [1.82, 2.24) is 9.55 Å². The first kappa shape index (κ1) is 11.8. The largest absolute Gasteiger partial charge is 0.493 e. The molecule has 98 valence electrons. The highest BCUT2D eigenvalue weighted by Gasteiger charge is 2.31. The minimum absolute atomic E-state index is 0.0909. The van der Waals surface area contributed by atoms with Gasteiger partial charge in [0, 0.05) is 6.54 Å². The van der Waals surface area contributed by atoms with Crippen LogP contribution in [0.25, 0.3) is 0 Å². The number of nitrogens with zero attached hydrogens (tertiary/aromatic N) is 3. The van der Waals surface area contributed by atoms with Gasteiger partial charge in [0.1, 0.15) is 0 Å². The Bertz CT molecular complexity index is 651. The third kappa shape index (κ3) is 1.87. The average molecular weight is 257 g/mol.